The van der Waals surface area contributed by atoms with Gasteiger partial charge in [-0.25, -0.2) is 0 Å². The lowest BCUT2D eigenvalue weighted by Crippen LogP contribution is -2.21. The smallest absolute Gasteiger partial charge is 0.126 e. The van der Waals surface area contributed by atoms with Gasteiger partial charge in [-0.05, 0) is 44.5 Å². The van der Waals surface area contributed by atoms with Crippen LogP contribution in [0.25, 0.3) is 0 Å². The van der Waals surface area contributed by atoms with Crippen molar-refractivity contribution >= 4 is 17.2 Å². The Morgan fingerprint density at radius 1 is 1.20 bits per heavy atom. The summed E-state index contributed by atoms with van der Waals surface area (Å²) in [4.78, 5) is 6.45. The molecule has 4 nitrogen and oxygen atoms in total. The van der Waals surface area contributed by atoms with Gasteiger partial charge in [-0.3, -0.25) is 10.4 Å². The van der Waals surface area contributed by atoms with Crippen molar-refractivity contribution in [1.29, 1.82) is 5.41 Å². The van der Waals surface area contributed by atoms with Gasteiger partial charge in [-0.2, -0.15) is 0 Å². The van der Waals surface area contributed by atoms with Crippen molar-refractivity contribution < 1.29 is 0 Å². The second kappa shape index (κ2) is 5.33. The standard InChI is InChI=1S/C16H20N4/c1-10-6-5-7-13(8-10)20(4)14-9-11(2)19-12(3)15(14)16(17)18/h5-9H,1-4H3,(H3,17,18). The van der Waals surface area contributed by atoms with Crippen LogP contribution >= 0.6 is 0 Å². The molecule has 0 saturated heterocycles. The molecule has 0 aliphatic heterocycles. The number of aromatic nitrogens is 1. The Morgan fingerprint density at radius 3 is 2.50 bits per heavy atom. The summed E-state index contributed by atoms with van der Waals surface area (Å²) in [6.45, 7) is 5.90. The number of hydrogen-bond acceptors (Lipinski definition) is 3. The molecule has 1 heterocycles. The largest absolute Gasteiger partial charge is 0.384 e. The molecule has 0 fully saturated rings. The van der Waals surface area contributed by atoms with Gasteiger partial charge in [0.15, 0.2) is 0 Å². The summed E-state index contributed by atoms with van der Waals surface area (Å²) in [7, 11) is 1.98. The van der Waals surface area contributed by atoms with Crippen LogP contribution in [0.4, 0.5) is 11.4 Å². The number of nitrogen functional groups attached to an aromatic ring is 1. The Labute approximate surface area is 119 Å². The van der Waals surface area contributed by atoms with Crippen LogP contribution < -0.4 is 10.6 Å². The lowest BCUT2D eigenvalue weighted by atomic mass is 10.1. The summed E-state index contributed by atoms with van der Waals surface area (Å²) in [6.07, 6.45) is 0. The van der Waals surface area contributed by atoms with Crippen molar-refractivity contribution in [2.45, 2.75) is 20.8 Å². The molecular formula is C16H20N4. The van der Waals surface area contributed by atoms with Crippen LogP contribution in [0.5, 0.6) is 0 Å². The van der Waals surface area contributed by atoms with E-state index in [1.54, 1.807) is 0 Å². The van der Waals surface area contributed by atoms with E-state index in [4.69, 9.17) is 11.1 Å². The van der Waals surface area contributed by atoms with E-state index in [1.807, 2.05) is 44.0 Å². The second-order valence-electron chi connectivity index (χ2n) is 5.05. The van der Waals surface area contributed by atoms with Gasteiger partial charge >= 0.3 is 0 Å². The van der Waals surface area contributed by atoms with Crippen LogP contribution in [0.3, 0.4) is 0 Å². The fraction of sp³-hybridized carbons (Fsp3) is 0.250. The average molecular weight is 268 g/mol. The number of amidine groups is 1. The number of nitrogens with zero attached hydrogens (tertiary/aromatic N) is 2. The number of rotatable bonds is 3. The summed E-state index contributed by atoms with van der Waals surface area (Å²) in [5.74, 6) is 0.0458. The van der Waals surface area contributed by atoms with E-state index < -0.39 is 0 Å². The molecule has 2 aromatic rings. The number of hydrogen-bond donors (Lipinski definition) is 2. The van der Waals surface area contributed by atoms with Crippen molar-refractivity contribution in [1.82, 2.24) is 4.98 Å². The third-order valence-electron chi connectivity index (χ3n) is 3.33. The van der Waals surface area contributed by atoms with Crippen LogP contribution in [0.15, 0.2) is 30.3 Å². The lowest BCUT2D eigenvalue weighted by molar-refractivity contribution is 1.08. The van der Waals surface area contributed by atoms with Gasteiger partial charge in [-0.1, -0.05) is 12.1 Å². The first-order valence-electron chi connectivity index (χ1n) is 6.53. The van der Waals surface area contributed by atoms with Crippen molar-refractivity contribution in [2.75, 3.05) is 11.9 Å². The first-order chi connectivity index (χ1) is 9.40. The Kier molecular flexibility index (Phi) is 3.74. The molecule has 0 radical (unpaired) electrons. The van der Waals surface area contributed by atoms with Gasteiger partial charge in [0.25, 0.3) is 0 Å². The highest BCUT2D eigenvalue weighted by Crippen LogP contribution is 2.29. The highest BCUT2D eigenvalue weighted by Gasteiger charge is 2.15. The van der Waals surface area contributed by atoms with E-state index >= 15 is 0 Å². The van der Waals surface area contributed by atoms with Gasteiger partial charge in [0, 0.05) is 18.4 Å². The maximum Gasteiger partial charge on any atom is 0.126 e. The zero-order chi connectivity index (χ0) is 14.9. The molecule has 0 bridgehead atoms. The third-order valence-corrected chi connectivity index (χ3v) is 3.33. The Morgan fingerprint density at radius 2 is 1.90 bits per heavy atom. The molecule has 0 aliphatic rings. The molecule has 3 N–H and O–H groups in total. The highest BCUT2D eigenvalue weighted by atomic mass is 15.1. The van der Waals surface area contributed by atoms with E-state index in [1.165, 1.54) is 5.56 Å². The van der Waals surface area contributed by atoms with Crippen LogP contribution in [0.2, 0.25) is 0 Å². The molecule has 0 saturated carbocycles. The number of pyridine rings is 1. The molecule has 0 unspecified atom stereocenters. The fourth-order valence-electron chi connectivity index (χ4n) is 2.38. The molecule has 104 valence electrons. The zero-order valence-electron chi connectivity index (χ0n) is 12.4. The molecule has 0 atom stereocenters. The van der Waals surface area contributed by atoms with Gasteiger partial charge in [0.2, 0.25) is 0 Å². The molecule has 0 amide bonds. The van der Waals surface area contributed by atoms with Crippen LogP contribution in [0.1, 0.15) is 22.5 Å². The van der Waals surface area contributed by atoms with E-state index in [0.717, 1.165) is 22.8 Å². The van der Waals surface area contributed by atoms with E-state index in [2.05, 4.69) is 24.0 Å². The van der Waals surface area contributed by atoms with Gasteiger partial charge < -0.3 is 10.6 Å². The minimum Gasteiger partial charge on any atom is -0.384 e. The topological polar surface area (TPSA) is 66.0 Å². The minimum atomic E-state index is 0.0458. The van der Waals surface area contributed by atoms with E-state index in [9.17, 15) is 0 Å². The number of benzene rings is 1. The zero-order valence-corrected chi connectivity index (χ0v) is 12.4. The molecule has 1 aromatic heterocycles. The van der Waals surface area contributed by atoms with Crippen molar-refractivity contribution in [3.05, 3.63) is 52.8 Å². The van der Waals surface area contributed by atoms with Crippen LogP contribution in [-0.4, -0.2) is 17.9 Å². The molecule has 1 aromatic carbocycles. The molecule has 2 rings (SSSR count). The lowest BCUT2D eigenvalue weighted by Gasteiger charge is -2.24. The summed E-state index contributed by atoms with van der Waals surface area (Å²) in [6, 6.07) is 10.2. The van der Waals surface area contributed by atoms with Crippen molar-refractivity contribution in [2.24, 2.45) is 5.73 Å². The number of aryl methyl sites for hydroxylation is 3. The summed E-state index contributed by atoms with van der Waals surface area (Å²) >= 11 is 0. The van der Waals surface area contributed by atoms with Crippen molar-refractivity contribution in [3.8, 4) is 0 Å². The molecule has 0 aliphatic carbocycles. The first kappa shape index (κ1) is 14.1. The number of nitrogens with two attached hydrogens (primary N) is 1. The summed E-state index contributed by atoms with van der Waals surface area (Å²) in [5.41, 5.74) is 11.3. The minimum absolute atomic E-state index is 0.0458. The Balaban J connectivity index is 2.59. The van der Waals surface area contributed by atoms with Crippen molar-refractivity contribution in [3.63, 3.8) is 0 Å². The maximum absolute atomic E-state index is 7.80. The Hall–Kier alpha value is -2.36. The molecule has 0 spiro atoms. The monoisotopic (exact) mass is 268 g/mol. The van der Waals surface area contributed by atoms with Crippen LogP contribution in [-0.2, 0) is 0 Å². The summed E-state index contributed by atoms with van der Waals surface area (Å²) < 4.78 is 0. The maximum atomic E-state index is 7.80. The molecule has 4 heteroatoms. The van der Waals surface area contributed by atoms with Crippen LogP contribution in [0, 0.1) is 26.2 Å². The predicted molar refractivity (Wildman–Crippen MR) is 84.0 cm³/mol. The Bertz CT molecular complexity index is 662. The number of anilines is 2. The average Bonchev–Trinajstić information content (AvgIpc) is 2.36. The van der Waals surface area contributed by atoms with E-state index in [-0.39, 0.29) is 5.84 Å². The normalized spacial score (nSPS) is 10.4. The summed E-state index contributed by atoms with van der Waals surface area (Å²) in [5, 5.41) is 7.80. The van der Waals surface area contributed by atoms with Gasteiger partial charge in [0.1, 0.15) is 5.84 Å². The number of nitrogens with one attached hydrogen (secondary N) is 1. The highest BCUT2D eigenvalue weighted by molar-refractivity contribution is 6.02. The van der Waals surface area contributed by atoms with Gasteiger partial charge in [0.05, 0.1) is 16.9 Å². The molecular weight excluding hydrogens is 248 g/mol. The molecule has 20 heavy (non-hydrogen) atoms. The quantitative estimate of drug-likeness (QED) is 0.664. The third kappa shape index (κ3) is 2.64. The van der Waals surface area contributed by atoms with Gasteiger partial charge in [-0.15, -0.1) is 0 Å². The first-order valence-corrected chi connectivity index (χ1v) is 6.53. The predicted octanol–water partition coefficient (Wildman–Crippen LogP) is 3.06. The van der Waals surface area contributed by atoms with E-state index in [0.29, 0.717) is 5.56 Å². The second-order valence-corrected chi connectivity index (χ2v) is 5.05. The SMILES string of the molecule is Cc1cccc(N(C)c2cc(C)nc(C)c2C(=N)N)c1. The fourth-order valence-corrected chi connectivity index (χ4v) is 2.38.